The van der Waals surface area contributed by atoms with Crippen LogP contribution in [0.3, 0.4) is 0 Å². The van der Waals surface area contributed by atoms with E-state index < -0.39 is 0 Å². The minimum Gasteiger partial charge on any atom is -0.508 e. The van der Waals surface area contributed by atoms with Gasteiger partial charge in [0.2, 0.25) is 0 Å². The van der Waals surface area contributed by atoms with Crippen LogP contribution in [0.1, 0.15) is 11.3 Å². The van der Waals surface area contributed by atoms with Gasteiger partial charge in [-0.3, -0.25) is 14.7 Å². The zero-order chi connectivity index (χ0) is 22.6. The maximum Gasteiger partial charge on any atom is 0.267 e. The molecule has 0 bridgehead atoms. The molecular formula is C26H20N4O2S. The summed E-state index contributed by atoms with van der Waals surface area (Å²) in [6, 6.07) is 24.2. The Morgan fingerprint density at radius 1 is 0.970 bits per heavy atom. The highest BCUT2D eigenvalue weighted by Crippen LogP contribution is 2.35. The molecule has 4 aromatic rings. The van der Waals surface area contributed by atoms with E-state index in [-0.39, 0.29) is 11.7 Å². The molecule has 5 rings (SSSR count). The third kappa shape index (κ3) is 4.58. The first kappa shape index (κ1) is 20.8. The van der Waals surface area contributed by atoms with Crippen molar-refractivity contribution in [1.82, 2.24) is 14.5 Å². The molecule has 2 aromatic heterocycles. The molecule has 1 aliphatic heterocycles. The van der Waals surface area contributed by atoms with Gasteiger partial charge in [0.25, 0.3) is 5.91 Å². The molecule has 0 unspecified atom stereocenters. The Bertz CT molecular complexity index is 1330. The number of hydrogen-bond acceptors (Lipinski definition) is 5. The first-order valence-electron chi connectivity index (χ1n) is 10.4. The molecule has 3 heterocycles. The summed E-state index contributed by atoms with van der Waals surface area (Å²) in [4.78, 5) is 24.6. The first-order valence-corrected chi connectivity index (χ1v) is 11.2. The summed E-state index contributed by atoms with van der Waals surface area (Å²) in [7, 11) is 0. The van der Waals surface area contributed by atoms with E-state index in [9.17, 15) is 9.90 Å². The number of carbonyl (C=O) groups is 1. The summed E-state index contributed by atoms with van der Waals surface area (Å²) < 4.78 is 1.97. The highest BCUT2D eigenvalue weighted by Gasteiger charge is 2.33. The summed E-state index contributed by atoms with van der Waals surface area (Å²) in [6.07, 6.45) is 7.28. The van der Waals surface area contributed by atoms with Crippen LogP contribution in [0.15, 0.2) is 107 Å². The average molecular weight is 453 g/mol. The second-order valence-electron chi connectivity index (χ2n) is 7.41. The Labute approximate surface area is 195 Å². The molecule has 162 valence electrons. The standard InChI is InChI=1S/C26H20N4O2S/c31-23-12-10-21(11-13-23)29-15-5-9-22(29)16-24-25(32)30(18-19-6-4-14-27-17-19)26(33-24)28-20-7-2-1-3-8-20/h1-17,31H,18H2/b24-16-,28-26?. The van der Waals surface area contributed by atoms with Gasteiger partial charge in [0, 0.05) is 30.0 Å². The van der Waals surface area contributed by atoms with Gasteiger partial charge in [0.15, 0.2) is 5.17 Å². The molecule has 0 saturated carbocycles. The Morgan fingerprint density at radius 3 is 2.55 bits per heavy atom. The fourth-order valence-electron chi connectivity index (χ4n) is 3.51. The number of pyridine rings is 1. The van der Waals surface area contributed by atoms with Crippen molar-refractivity contribution in [3.63, 3.8) is 0 Å². The van der Waals surface area contributed by atoms with Crippen LogP contribution < -0.4 is 0 Å². The van der Waals surface area contributed by atoms with E-state index in [1.807, 2.05) is 83.6 Å². The number of carbonyl (C=O) groups excluding carboxylic acids is 1. The maximum absolute atomic E-state index is 13.4. The van der Waals surface area contributed by atoms with Crippen molar-refractivity contribution in [2.45, 2.75) is 6.54 Å². The molecule has 1 aliphatic rings. The molecule has 0 spiro atoms. The van der Waals surface area contributed by atoms with Gasteiger partial charge in [-0.25, -0.2) is 4.99 Å². The number of aliphatic imine (C=N–C) groups is 1. The summed E-state index contributed by atoms with van der Waals surface area (Å²) in [5, 5.41) is 10.2. The molecule has 1 fully saturated rings. The molecule has 1 amide bonds. The first-order chi connectivity index (χ1) is 16.2. The van der Waals surface area contributed by atoms with Gasteiger partial charge < -0.3 is 9.67 Å². The van der Waals surface area contributed by atoms with Crippen molar-refractivity contribution >= 4 is 34.6 Å². The lowest BCUT2D eigenvalue weighted by Crippen LogP contribution is -2.28. The second kappa shape index (κ2) is 9.18. The van der Waals surface area contributed by atoms with Crippen molar-refractivity contribution in [1.29, 1.82) is 0 Å². The fourth-order valence-corrected chi connectivity index (χ4v) is 4.49. The largest absolute Gasteiger partial charge is 0.508 e. The average Bonchev–Trinajstić information content (AvgIpc) is 3.41. The number of amides is 1. The Kier molecular flexibility index (Phi) is 5.78. The van der Waals surface area contributed by atoms with Crippen LogP contribution in [-0.4, -0.2) is 30.6 Å². The Hall–Kier alpha value is -4.10. The topological polar surface area (TPSA) is 70.7 Å². The quantitative estimate of drug-likeness (QED) is 0.413. The molecule has 1 N–H and O–H groups in total. The number of phenols is 1. The normalized spacial score (nSPS) is 16.1. The van der Waals surface area contributed by atoms with Crippen LogP contribution in [0.2, 0.25) is 0 Å². The summed E-state index contributed by atoms with van der Waals surface area (Å²) in [5.41, 5.74) is 3.47. The molecule has 7 heteroatoms. The summed E-state index contributed by atoms with van der Waals surface area (Å²) in [6.45, 7) is 0.391. The zero-order valence-corrected chi connectivity index (χ0v) is 18.4. The number of para-hydroxylation sites is 1. The van der Waals surface area contributed by atoms with Gasteiger partial charge in [-0.05, 0) is 78.0 Å². The van der Waals surface area contributed by atoms with E-state index in [4.69, 9.17) is 4.99 Å². The molecule has 0 aliphatic carbocycles. The Morgan fingerprint density at radius 2 is 1.79 bits per heavy atom. The van der Waals surface area contributed by atoms with E-state index in [1.54, 1.807) is 29.4 Å². The third-order valence-corrected chi connectivity index (χ3v) is 6.13. The number of phenolic OH excluding ortho intramolecular Hbond substituents is 1. The van der Waals surface area contributed by atoms with Gasteiger partial charge in [-0.2, -0.15) is 0 Å². The molecule has 0 radical (unpaired) electrons. The van der Waals surface area contributed by atoms with Crippen molar-refractivity contribution < 1.29 is 9.90 Å². The minimum atomic E-state index is -0.100. The van der Waals surface area contributed by atoms with Gasteiger partial charge in [-0.1, -0.05) is 24.3 Å². The van der Waals surface area contributed by atoms with Crippen molar-refractivity contribution in [2.75, 3.05) is 0 Å². The van der Waals surface area contributed by atoms with Crippen molar-refractivity contribution in [3.8, 4) is 11.4 Å². The predicted octanol–water partition coefficient (Wildman–Crippen LogP) is 5.38. The predicted molar refractivity (Wildman–Crippen MR) is 131 cm³/mol. The maximum atomic E-state index is 13.4. The van der Waals surface area contributed by atoms with Crippen LogP contribution in [0.5, 0.6) is 5.75 Å². The van der Waals surface area contributed by atoms with Crippen molar-refractivity contribution in [3.05, 3.63) is 114 Å². The third-order valence-electron chi connectivity index (χ3n) is 5.12. The number of rotatable bonds is 5. The number of hydrogen-bond donors (Lipinski definition) is 1. The van der Waals surface area contributed by atoms with E-state index in [0.29, 0.717) is 16.6 Å². The van der Waals surface area contributed by atoms with Crippen molar-refractivity contribution in [2.24, 2.45) is 4.99 Å². The van der Waals surface area contributed by atoms with Gasteiger partial charge in [0.1, 0.15) is 5.75 Å². The molecule has 2 aromatic carbocycles. The highest BCUT2D eigenvalue weighted by atomic mass is 32.2. The highest BCUT2D eigenvalue weighted by molar-refractivity contribution is 8.18. The number of nitrogens with zero attached hydrogens (tertiary/aromatic N) is 4. The lowest BCUT2D eigenvalue weighted by Gasteiger charge is -2.15. The molecule has 33 heavy (non-hydrogen) atoms. The lowest BCUT2D eigenvalue weighted by atomic mass is 10.2. The number of thioether (sulfide) groups is 1. The van der Waals surface area contributed by atoms with Crippen LogP contribution in [0.25, 0.3) is 11.8 Å². The Balaban J connectivity index is 1.51. The zero-order valence-electron chi connectivity index (χ0n) is 17.6. The number of amidine groups is 1. The van der Waals surface area contributed by atoms with Crippen LogP contribution in [0.4, 0.5) is 5.69 Å². The molecule has 0 atom stereocenters. The second-order valence-corrected chi connectivity index (χ2v) is 8.42. The van der Waals surface area contributed by atoms with E-state index in [1.165, 1.54) is 11.8 Å². The van der Waals surface area contributed by atoms with Crippen LogP contribution in [-0.2, 0) is 11.3 Å². The van der Waals surface area contributed by atoms with Gasteiger partial charge >= 0.3 is 0 Å². The SMILES string of the molecule is O=C1/C(=C/c2cccn2-c2ccc(O)cc2)SC(=Nc2ccccc2)N1Cc1cccnc1. The number of aromatic hydroxyl groups is 1. The van der Waals surface area contributed by atoms with E-state index >= 15 is 0 Å². The van der Waals surface area contributed by atoms with Gasteiger partial charge in [-0.15, -0.1) is 0 Å². The molecule has 6 nitrogen and oxygen atoms in total. The molecule has 1 saturated heterocycles. The van der Waals surface area contributed by atoms with Gasteiger partial charge in [0.05, 0.1) is 17.1 Å². The monoisotopic (exact) mass is 452 g/mol. The van der Waals surface area contributed by atoms with Crippen LogP contribution in [0, 0.1) is 0 Å². The number of benzene rings is 2. The number of aromatic nitrogens is 2. The summed E-state index contributed by atoms with van der Waals surface area (Å²) in [5.74, 6) is 0.108. The smallest absolute Gasteiger partial charge is 0.267 e. The summed E-state index contributed by atoms with van der Waals surface area (Å²) >= 11 is 1.36. The van der Waals surface area contributed by atoms with E-state index in [2.05, 4.69) is 4.98 Å². The minimum absolute atomic E-state index is 0.100. The van der Waals surface area contributed by atoms with E-state index in [0.717, 1.165) is 22.6 Å². The lowest BCUT2D eigenvalue weighted by molar-refractivity contribution is -0.122. The molecular weight excluding hydrogens is 432 g/mol. The fraction of sp³-hybridized carbons (Fsp3) is 0.0385. The van der Waals surface area contributed by atoms with Crippen LogP contribution >= 0.6 is 11.8 Å².